The lowest BCUT2D eigenvalue weighted by Gasteiger charge is -2.18. The van der Waals surface area contributed by atoms with Gasteiger partial charge in [-0.25, -0.2) is 0 Å². The molecule has 6 heteroatoms. The summed E-state index contributed by atoms with van der Waals surface area (Å²) in [6.45, 7) is 2.18. The van der Waals surface area contributed by atoms with Crippen molar-refractivity contribution in [3.8, 4) is 0 Å². The van der Waals surface area contributed by atoms with Gasteiger partial charge in [0.2, 0.25) is 0 Å². The fourth-order valence-corrected chi connectivity index (χ4v) is 1.45. The summed E-state index contributed by atoms with van der Waals surface area (Å²) in [5, 5.41) is 0. The SMILES string of the molecule is COC(=O)CN(CC(=O)OC)Cc1ccc(C)o1. The lowest BCUT2D eigenvalue weighted by Crippen LogP contribution is -2.35. The summed E-state index contributed by atoms with van der Waals surface area (Å²) in [6, 6.07) is 3.63. The number of furan rings is 1. The molecule has 0 aliphatic carbocycles. The first kappa shape index (κ1) is 14.2. The normalized spacial score (nSPS) is 10.4. The Morgan fingerprint density at radius 1 is 1.17 bits per heavy atom. The molecule has 0 atom stereocenters. The molecule has 1 aromatic rings. The van der Waals surface area contributed by atoms with Gasteiger partial charge in [-0.1, -0.05) is 0 Å². The second-order valence-electron chi connectivity index (χ2n) is 3.81. The molecule has 0 unspecified atom stereocenters. The molecule has 0 radical (unpaired) electrons. The molecule has 1 aromatic heterocycles. The van der Waals surface area contributed by atoms with Gasteiger partial charge >= 0.3 is 11.9 Å². The summed E-state index contributed by atoms with van der Waals surface area (Å²) in [7, 11) is 2.60. The quantitative estimate of drug-likeness (QED) is 0.698. The maximum atomic E-state index is 11.2. The van der Waals surface area contributed by atoms with E-state index in [0.717, 1.165) is 5.76 Å². The second-order valence-corrected chi connectivity index (χ2v) is 3.81. The highest BCUT2D eigenvalue weighted by atomic mass is 16.5. The Morgan fingerprint density at radius 3 is 2.11 bits per heavy atom. The van der Waals surface area contributed by atoms with Crippen LogP contribution in [0.25, 0.3) is 0 Å². The molecule has 0 fully saturated rings. The van der Waals surface area contributed by atoms with Crippen molar-refractivity contribution in [3.63, 3.8) is 0 Å². The van der Waals surface area contributed by atoms with Crippen LogP contribution >= 0.6 is 0 Å². The summed E-state index contributed by atoms with van der Waals surface area (Å²) in [4.78, 5) is 24.1. The summed E-state index contributed by atoms with van der Waals surface area (Å²) in [5.41, 5.74) is 0. The van der Waals surface area contributed by atoms with E-state index < -0.39 is 11.9 Å². The van der Waals surface area contributed by atoms with E-state index in [2.05, 4.69) is 9.47 Å². The van der Waals surface area contributed by atoms with Crippen molar-refractivity contribution in [3.05, 3.63) is 23.7 Å². The van der Waals surface area contributed by atoms with Crippen molar-refractivity contribution < 1.29 is 23.5 Å². The second kappa shape index (κ2) is 6.80. The molecule has 18 heavy (non-hydrogen) atoms. The molecular formula is C12H17NO5. The zero-order valence-electron chi connectivity index (χ0n) is 10.8. The van der Waals surface area contributed by atoms with E-state index >= 15 is 0 Å². The zero-order valence-corrected chi connectivity index (χ0v) is 10.8. The number of methoxy groups -OCH3 is 2. The van der Waals surface area contributed by atoms with Crippen molar-refractivity contribution in [1.29, 1.82) is 0 Å². The van der Waals surface area contributed by atoms with E-state index in [1.54, 1.807) is 11.0 Å². The van der Waals surface area contributed by atoms with Crippen LogP contribution in [0.3, 0.4) is 0 Å². The summed E-state index contributed by atoms with van der Waals surface area (Å²) in [5.74, 6) is 0.630. The van der Waals surface area contributed by atoms with Crippen molar-refractivity contribution in [2.45, 2.75) is 13.5 Å². The Morgan fingerprint density at radius 2 is 1.72 bits per heavy atom. The van der Waals surface area contributed by atoms with Gasteiger partial charge in [-0.2, -0.15) is 0 Å². The van der Waals surface area contributed by atoms with Gasteiger partial charge < -0.3 is 13.9 Å². The molecular weight excluding hydrogens is 238 g/mol. The van der Waals surface area contributed by atoms with E-state index in [-0.39, 0.29) is 13.1 Å². The molecule has 100 valence electrons. The monoisotopic (exact) mass is 255 g/mol. The van der Waals surface area contributed by atoms with Gasteiger partial charge in [-0.15, -0.1) is 0 Å². The van der Waals surface area contributed by atoms with E-state index in [4.69, 9.17) is 4.42 Å². The Labute approximate surface area is 105 Å². The standard InChI is InChI=1S/C12H17NO5/c1-9-4-5-10(18-9)6-13(7-11(14)16-2)8-12(15)17-3/h4-5H,6-8H2,1-3H3. The molecule has 0 N–H and O–H groups in total. The van der Waals surface area contributed by atoms with Crippen LogP contribution in [0.1, 0.15) is 11.5 Å². The average molecular weight is 255 g/mol. The Hall–Kier alpha value is -1.82. The fraction of sp³-hybridized carbons (Fsp3) is 0.500. The highest BCUT2D eigenvalue weighted by molar-refractivity contribution is 5.74. The van der Waals surface area contributed by atoms with Crippen LogP contribution in [0, 0.1) is 6.92 Å². The smallest absolute Gasteiger partial charge is 0.319 e. The average Bonchev–Trinajstić information content (AvgIpc) is 2.74. The van der Waals surface area contributed by atoms with Crippen LogP contribution in [-0.4, -0.2) is 44.1 Å². The number of hydrogen-bond donors (Lipinski definition) is 0. The number of ether oxygens (including phenoxy) is 2. The van der Waals surface area contributed by atoms with Crippen LogP contribution in [0.5, 0.6) is 0 Å². The van der Waals surface area contributed by atoms with Crippen molar-refractivity contribution in [2.24, 2.45) is 0 Å². The molecule has 0 saturated heterocycles. The predicted molar refractivity (Wildman–Crippen MR) is 62.8 cm³/mol. The maximum Gasteiger partial charge on any atom is 0.319 e. The number of hydrogen-bond acceptors (Lipinski definition) is 6. The van der Waals surface area contributed by atoms with Gasteiger partial charge in [0, 0.05) is 0 Å². The number of carbonyl (C=O) groups excluding carboxylic acids is 2. The molecule has 0 spiro atoms. The Bertz CT molecular complexity index is 394. The summed E-state index contributed by atoms with van der Waals surface area (Å²) in [6.07, 6.45) is 0. The third kappa shape index (κ3) is 4.58. The van der Waals surface area contributed by atoms with E-state index in [1.807, 2.05) is 13.0 Å². The zero-order chi connectivity index (χ0) is 13.5. The maximum absolute atomic E-state index is 11.2. The molecule has 1 heterocycles. The molecule has 0 amide bonds. The summed E-state index contributed by atoms with van der Waals surface area (Å²) >= 11 is 0. The number of esters is 2. The molecule has 1 rings (SSSR count). The van der Waals surface area contributed by atoms with E-state index in [0.29, 0.717) is 12.3 Å². The number of carbonyl (C=O) groups is 2. The van der Waals surface area contributed by atoms with E-state index in [1.165, 1.54) is 14.2 Å². The van der Waals surface area contributed by atoms with Crippen LogP contribution in [0.2, 0.25) is 0 Å². The predicted octanol–water partition coefficient (Wildman–Crippen LogP) is 0.736. The van der Waals surface area contributed by atoms with Crippen LogP contribution in [0.4, 0.5) is 0 Å². The minimum absolute atomic E-state index is 0.00531. The first-order valence-electron chi connectivity index (χ1n) is 5.46. The van der Waals surface area contributed by atoms with Gasteiger partial charge in [-0.05, 0) is 19.1 Å². The first-order chi connectivity index (χ1) is 8.55. The molecule has 0 saturated carbocycles. The van der Waals surface area contributed by atoms with Crippen molar-refractivity contribution in [1.82, 2.24) is 4.90 Å². The van der Waals surface area contributed by atoms with Gasteiger partial charge in [0.1, 0.15) is 11.5 Å². The van der Waals surface area contributed by atoms with Gasteiger partial charge in [0.15, 0.2) is 0 Å². The van der Waals surface area contributed by atoms with Crippen molar-refractivity contribution in [2.75, 3.05) is 27.3 Å². The Kier molecular flexibility index (Phi) is 5.38. The molecule has 0 aliphatic rings. The number of aryl methyl sites for hydroxylation is 1. The lowest BCUT2D eigenvalue weighted by atomic mass is 10.3. The topological polar surface area (TPSA) is 69.0 Å². The largest absolute Gasteiger partial charge is 0.468 e. The number of rotatable bonds is 6. The van der Waals surface area contributed by atoms with Crippen molar-refractivity contribution >= 4 is 11.9 Å². The van der Waals surface area contributed by atoms with Gasteiger partial charge in [0.05, 0.1) is 33.9 Å². The minimum atomic E-state index is -0.415. The van der Waals surface area contributed by atoms with Crippen LogP contribution < -0.4 is 0 Å². The summed E-state index contributed by atoms with van der Waals surface area (Å²) < 4.78 is 14.5. The molecule has 0 aromatic carbocycles. The number of nitrogens with zero attached hydrogens (tertiary/aromatic N) is 1. The van der Waals surface area contributed by atoms with Gasteiger partial charge in [0.25, 0.3) is 0 Å². The molecule has 6 nitrogen and oxygen atoms in total. The molecule has 0 aliphatic heterocycles. The molecule has 0 bridgehead atoms. The van der Waals surface area contributed by atoms with E-state index in [9.17, 15) is 9.59 Å². The lowest BCUT2D eigenvalue weighted by molar-refractivity contribution is -0.145. The van der Waals surface area contributed by atoms with Gasteiger partial charge in [-0.3, -0.25) is 14.5 Å². The minimum Gasteiger partial charge on any atom is -0.468 e. The first-order valence-corrected chi connectivity index (χ1v) is 5.46. The highest BCUT2D eigenvalue weighted by Gasteiger charge is 2.17. The highest BCUT2D eigenvalue weighted by Crippen LogP contribution is 2.09. The van der Waals surface area contributed by atoms with Crippen LogP contribution in [0.15, 0.2) is 16.5 Å². The Balaban J connectivity index is 2.64. The third-order valence-corrected chi connectivity index (χ3v) is 2.34. The van der Waals surface area contributed by atoms with Crippen LogP contribution in [-0.2, 0) is 25.6 Å². The fourth-order valence-electron chi connectivity index (χ4n) is 1.45. The third-order valence-electron chi connectivity index (χ3n) is 2.34.